The van der Waals surface area contributed by atoms with E-state index in [0.717, 1.165) is 38.9 Å². The molecule has 0 bridgehead atoms. The molecule has 0 atom stereocenters. The number of fused-ring (bicyclic) bond motifs is 2. The fourth-order valence-corrected chi connectivity index (χ4v) is 4.22. The van der Waals surface area contributed by atoms with E-state index in [1.54, 1.807) is 19.3 Å². The van der Waals surface area contributed by atoms with Gasteiger partial charge in [0.1, 0.15) is 23.9 Å². The van der Waals surface area contributed by atoms with Crippen LogP contribution in [0.15, 0.2) is 73.1 Å². The Balaban J connectivity index is 1.42. The van der Waals surface area contributed by atoms with Crippen molar-refractivity contribution in [2.24, 2.45) is 7.05 Å². The molecular weight excluding hydrogens is 426 g/mol. The number of benzene rings is 3. The number of carbonyl (C=O) groups excluding carboxylic acids is 1. The molecule has 5 heteroatoms. The van der Waals surface area contributed by atoms with Gasteiger partial charge in [-0.05, 0) is 54.5 Å². The van der Waals surface area contributed by atoms with Crippen molar-refractivity contribution >= 4 is 28.8 Å². The molecule has 5 rings (SSSR count). The SMILES string of the molecule is C=Cc1ccc(COc2ccc3c(c2C)O/C(=C\c2cn(C)c4ccc(OC)cc24)C3=O)cc1. The summed E-state index contributed by atoms with van der Waals surface area (Å²) in [5, 5.41) is 0.991. The minimum absolute atomic E-state index is 0.135. The molecule has 0 amide bonds. The summed E-state index contributed by atoms with van der Waals surface area (Å²) in [4.78, 5) is 13.1. The zero-order valence-electron chi connectivity index (χ0n) is 19.4. The van der Waals surface area contributed by atoms with Crippen molar-refractivity contribution in [2.45, 2.75) is 13.5 Å². The number of aromatic nitrogens is 1. The third kappa shape index (κ3) is 3.75. The maximum absolute atomic E-state index is 13.1. The molecule has 4 aromatic rings. The molecule has 0 N–H and O–H groups in total. The lowest BCUT2D eigenvalue weighted by molar-refractivity contribution is 0.101. The minimum atomic E-state index is -0.135. The van der Waals surface area contributed by atoms with Gasteiger partial charge in [0.25, 0.3) is 0 Å². The maximum Gasteiger partial charge on any atom is 0.231 e. The lowest BCUT2D eigenvalue weighted by Crippen LogP contribution is -1.98. The summed E-state index contributed by atoms with van der Waals surface area (Å²) in [6.45, 7) is 6.11. The van der Waals surface area contributed by atoms with Crippen LogP contribution in [-0.2, 0) is 13.7 Å². The van der Waals surface area contributed by atoms with Gasteiger partial charge in [0.15, 0.2) is 5.76 Å². The highest BCUT2D eigenvalue weighted by molar-refractivity contribution is 6.15. The molecule has 0 unspecified atom stereocenters. The Morgan fingerprint density at radius 1 is 1.09 bits per heavy atom. The molecule has 0 radical (unpaired) electrons. The molecular formula is C29H25NO4. The smallest absolute Gasteiger partial charge is 0.231 e. The van der Waals surface area contributed by atoms with E-state index in [4.69, 9.17) is 14.2 Å². The summed E-state index contributed by atoms with van der Waals surface area (Å²) in [6.07, 6.45) is 5.59. The zero-order chi connectivity index (χ0) is 23.8. The summed E-state index contributed by atoms with van der Waals surface area (Å²) >= 11 is 0. The van der Waals surface area contributed by atoms with E-state index in [1.165, 1.54) is 0 Å². The molecule has 0 saturated carbocycles. The molecule has 170 valence electrons. The molecule has 0 spiro atoms. The number of aryl methyl sites for hydroxylation is 1. The Hall–Kier alpha value is -4.25. The number of hydrogen-bond acceptors (Lipinski definition) is 4. The molecule has 0 aliphatic carbocycles. The number of carbonyl (C=O) groups is 1. The van der Waals surface area contributed by atoms with Gasteiger partial charge in [-0.3, -0.25) is 4.79 Å². The van der Waals surface area contributed by atoms with E-state index in [-0.39, 0.29) is 5.78 Å². The van der Waals surface area contributed by atoms with Crippen LogP contribution in [0.4, 0.5) is 0 Å². The topological polar surface area (TPSA) is 49.7 Å². The molecule has 5 nitrogen and oxygen atoms in total. The highest BCUT2D eigenvalue weighted by atomic mass is 16.5. The van der Waals surface area contributed by atoms with Crippen molar-refractivity contribution in [3.05, 3.63) is 101 Å². The Morgan fingerprint density at radius 3 is 2.62 bits per heavy atom. The molecule has 0 saturated heterocycles. The van der Waals surface area contributed by atoms with Crippen LogP contribution >= 0.6 is 0 Å². The summed E-state index contributed by atoms with van der Waals surface area (Å²) in [5.41, 5.74) is 5.40. The van der Waals surface area contributed by atoms with Crippen LogP contribution in [0.25, 0.3) is 23.1 Å². The van der Waals surface area contributed by atoms with Crippen molar-refractivity contribution in [1.29, 1.82) is 0 Å². The van der Waals surface area contributed by atoms with Crippen LogP contribution in [0.3, 0.4) is 0 Å². The van der Waals surface area contributed by atoms with Gasteiger partial charge in [0.05, 0.1) is 12.7 Å². The van der Waals surface area contributed by atoms with Crippen LogP contribution in [0.2, 0.25) is 0 Å². The van der Waals surface area contributed by atoms with E-state index in [9.17, 15) is 4.79 Å². The Kier molecular flexibility index (Phi) is 5.46. The van der Waals surface area contributed by atoms with E-state index < -0.39 is 0 Å². The summed E-state index contributed by atoms with van der Waals surface area (Å²) in [6, 6.07) is 17.5. The third-order valence-electron chi connectivity index (χ3n) is 6.16. The number of Topliss-reactive ketones (excluding diaryl/α,β-unsaturated/α-hetero) is 1. The first-order chi connectivity index (χ1) is 16.5. The predicted octanol–water partition coefficient (Wildman–Crippen LogP) is 6.33. The second-order valence-corrected chi connectivity index (χ2v) is 8.32. The van der Waals surface area contributed by atoms with Gasteiger partial charge in [0.2, 0.25) is 5.78 Å². The molecule has 34 heavy (non-hydrogen) atoms. The van der Waals surface area contributed by atoms with E-state index in [2.05, 4.69) is 6.58 Å². The third-order valence-corrected chi connectivity index (χ3v) is 6.16. The minimum Gasteiger partial charge on any atom is -0.497 e. The predicted molar refractivity (Wildman–Crippen MR) is 134 cm³/mol. The standard InChI is InChI=1S/C29H25NO4/c1-5-19-6-8-20(9-7-19)17-33-26-13-11-23-28(31)27(34-29(23)18(26)2)14-21-16-30(3)25-12-10-22(32-4)15-24(21)25/h5-16H,1,17H2,2-4H3/b27-14-. The van der Waals surface area contributed by atoms with E-state index >= 15 is 0 Å². The largest absolute Gasteiger partial charge is 0.497 e. The molecule has 3 aromatic carbocycles. The van der Waals surface area contributed by atoms with Crippen LogP contribution in [0.1, 0.15) is 32.6 Å². The zero-order valence-corrected chi connectivity index (χ0v) is 19.4. The van der Waals surface area contributed by atoms with Crippen LogP contribution < -0.4 is 14.2 Å². The van der Waals surface area contributed by atoms with Crippen LogP contribution in [-0.4, -0.2) is 17.5 Å². The quantitative estimate of drug-likeness (QED) is 0.321. The van der Waals surface area contributed by atoms with Gasteiger partial charge in [-0.15, -0.1) is 0 Å². The Labute approximate surface area is 198 Å². The number of allylic oxidation sites excluding steroid dienone is 1. The molecule has 0 fully saturated rings. The number of rotatable bonds is 6. The van der Waals surface area contributed by atoms with Gasteiger partial charge < -0.3 is 18.8 Å². The molecule has 2 heterocycles. The number of nitrogens with zero attached hydrogens (tertiary/aromatic N) is 1. The summed E-state index contributed by atoms with van der Waals surface area (Å²) < 4.78 is 19.5. The monoisotopic (exact) mass is 451 g/mol. The highest BCUT2D eigenvalue weighted by Gasteiger charge is 2.30. The van der Waals surface area contributed by atoms with Gasteiger partial charge in [-0.25, -0.2) is 0 Å². The first-order valence-corrected chi connectivity index (χ1v) is 11.0. The normalized spacial score (nSPS) is 13.7. The first-order valence-electron chi connectivity index (χ1n) is 11.0. The van der Waals surface area contributed by atoms with Crippen molar-refractivity contribution in [3.8, 4) is 17.2 Å². The van der Waals surface area contributed by atoms with Gasteiger partial charge in [-0.1, -0.05) is 36.9 Å². The second-order valence-electron chi connectivity index (χ2n) is 8.32. The summed E-state index contributed by atoms with van der Waals surface area (Å²) in [7, 11) is 3.61. The molecule has 1 aliphatic rings. The first kappa shape index (κ1) is 21.6. The lowest BCUT2D eigenvalue weighted by Gasteiger charge is -2.11. The maximum atomic E-state index is 13.1. The van der Waals surface area contributed by atoms with Crippen LogP contribution in [0.5, 0.6) is 17.2 Å². The average molecular weight is 452 g/mol. The fraction of sp³-hybridized carbons (Fsp3) is 0.138. The van der Waals surface area contributed by atoms with Crippen molar-refractivity contribution in [3.63, 3.8) is 0 Å². The van der Waals surface area contributed by atoms with Crippen molar-refractivity contribution in [2.75, 3.05) is 7.11 Å². The van der Waals surface area contributed by atoms with Gasteiger partial charge in [-0.2, -0.15) is 0 Å². The van der Waals surface area contributed by atoms with E-state index in [0.29, 0.717) is 29.4 Å². The number of ketones is 1. The lowest BCUT2D eigenvalue weighted by atomic mass is 10.1. The molecule has 1 aromatic heterocycles. The van der Waals surface area contributed by atoms with Crippen LogP contribution in [0, 0.1) is 6.92 Å². The number of ether oxygens (including phenoxy) is 3. The van der Waals surface area contributed by atoms with Crippen molar-refractivity contribution in [1.82, 2.24) is 4.57 Å². The average Bonchev–Trinajstić information content (AvgIpc) is 3.35. The fourth-order valence-electron chi connectivity index (χ4n) is 4.22. The van der Waals surface area contributed by atoms with E-state index in [1.807, 2.05) is 79.3 Å². The van der Waals surface area contributed by atoms with Gasteiger partial charge in [0, 0.05) is 35.3 Å². The number of hydrogen-bond donors (Lipinski definition) is 0. The molecule has 1 aliphatic heterocycles. The number of methoxy groups -OCH3 is 1. The van der Waals surface area contributed by atoms with Crippen molar-refractivity contribution < 1.29 is 19.0 Å². The highest BCUT2D eigenvalue weighted by Crippen LogP contribution is 2.40. The Morgan fingerprint density at radius 2 is 1.88 bits per heavy atom. The van der Waals surface area contributed by atoms with Gasteiger partial charge >= 0.3 is 0 Å². The second kappa shape index (κ2) is 8.60. The Bertz CT molecular complexity index is 1460. The summed E-state index contributed by atoms with van der Waals surface area (Å²) in [5.74, 6) is 2.16.